The molecule has 3 heterocycles. The van der Waals surface area contributed by atoms with E-state index >= 15 is 0 Å². The van der Waals surface area contributed by atoms with Crippen molar-refractivity contribution in [3.05, 3.63) is 46.5 Å². The van der Waals surface area contributed by atoms with E-state index < -0.39 is 6.09 Å². The number of nitrogens with zero attached hydrogens (tertiary/aromatic N) is 4. The molecule has 0 unspecified atom stereocenters. The van der Waals surface area contributed by atoms with Gasteiger partial charge in [0.05, 0.1) is 23.8 Å². The van der Waals surface area contributed by atoms with Crippen LogP contribution in [0.3, 0.4) is 0 Å². The SMILES string of the molecule is O=C(On1c(O)ccc1O)N1CCN(Cc2ccc(Cl)c(C(=O)N3CCOCC3)c2)CC1. The smallest absolute Gasteiger partial charge is 0.434 e. The van der Waals surface area contributed by atoms with Crippen LogP contribution in [0.25, 0.3) is 0 Å². The van der Waals surface area contributed by atoms with Gasteiger partial charge in [-0.3, -0.25) is 9.69 Å². The molecule has 2 saturated heterocycles. The molecule has 0 spiro atoms. The third-order valence-corrected chi connectivity index (χ3v) is 5.89. The number of carbonyl (C=O) groups excluding carboxylic acids is 2. The first-order chi connectivity index (χ1) is 15.4. The second kappa shape index (κ2) is 9.68. The molecule has 172 valence electrons. The third-order valence-electron chi connectivity index (χ3n) is 5.56. The fourth-order valence-electron chi connectivity index (χ4n) is 3.75. The molecule has 2 fully saturated rings. The van der Waals surface area contributed by atoms with Gasteiger partial charge in [0.15, 0.2) is 0 Å². The summed E-state index contributed by atoms with van der Waals surface area (Å²) in [6.45, 7) is 4.83. The topological polar surface area (TPSA) is 108 Å². The number of halogens is 1. The van der Waals surface area contributed by atoms with Gasteiger partial charge in [0.25, 0.3) is 5.91 Å². The summed E-state index contributed by atoms with van der Waals surface area (Å²) >= 11 is 6.30. The van der Waals surface area contributed by atoms with Crippen molar-refractivity contribution < 1.29 is 29.4 Å². The summed E-state index contributed by atoms with van der Waals surface area (Å²) in [4.78, 5) is 35.6. The number of carbonyl (C=O) groups is 2. The number of hydrogen-bond donors (Lipinski definition) is 2. The van der Waals surface area contributed by atoms with Crippen LogP contribution in [0.15, 0.2) is 30.3 Å². The number of benzene rings is 1. The number of aromatic nitrogens is 1. The van der Waals surface area contributed by atoms with Crippen LogP contribution in [-0.2, 0) is 11.3 Å². The monoisotopic (exact) mass is 464 g/mol. The van der Waals surface area contributed by atoms with Gasteiger partial charge in [0.2, 0.25) is 11.8 Å². The maximum absolute atomic E-state index is 12.8. The zero-order valence-electron chi connectivity index (χ0n) is 17.4. The highest BCUT2D eigenvalue weighted by Crippen LogP contribution is 2.22. The predicted molar refractivity (Wildman–Crippen MR) is 115 cm³/mol. The zero-order valence-corrected chi connectivity index (χ0v) is 18.2. The number of aromatic hydroxyl groups is 2. The minimum Gasteiger partial charge on any atom is -0.492 e. The minimum absolute atomic E-state index is 0.0933. The first-order valence-corrected chi connectivity index (χ1v) is 10.7. The average Bonchev–Trinajstić information content (AvgIpc) is 3.13. The van der Waals surface area contributed by atoms with E-state index in [-0.39, 0.29) is 17.7 Å². The summed E-state index contributed by atoms with van der Waals surface area (Å²) < 4.78 is 5.99. The fraction of sp³-hybridized carbons (Fsp3) is 0.429. The Labute approximate surface area is 190 Å². The molecule has 2 aromatic rings. The Morgan fingerprint density at radius 1 is 0.938 bits per heavy atom. The van der Waals surface area contributed by atoms with E-state index in [1.165, 1.54) is 17.0 Å². The first kappa shape index (κ1) is 22.3. The fourth-order valence-corrected chi connectivity index (χ4v) is 3.95. The molecule has 4 rings (SSSR count). The van der Waals surface area contributed by atoms with Crippen LogP contribution in [0.1, 0.15) is 15.9 Å². The lowest BCUT2D eigenvalue weighted by Gasteiger charge is -2.34. The average molecular weight is 465 g/mol. The molecule has 11 heteroatoms. The Balaban J connectivity index is 1.33. The number of ether oxygens (including phenoxy) is 1. The van der Waals surface area contributed by atoms with Gasteiger partial charge in [0.1, 0.15) is 0 Å². The molecule has 1 aromatic carbocycles. The highest BCUT2D eigenvalue weighted by Gasteiger charge is 2.25. The summed E-state index contributed by atoms with van der Waals surface area (Å²) in [7, 11) is 0. The van der Waals surface area contributed by atoms with Gasteiger partial charge in [0, 0.05) is 57.9 Å². The molecule has 0 radical (unpaired) electrons. The summed E-state index contributed by atoms with van der Waals surface area (Å²) in [5, 5.41) is 19.6. The van der Waals surface area contributed by atoms with Gasteiger partial charge < -0.3 is 29.6 Å². The van der Waals surface area contributed by atoms with Crippen LogP contribution in [-0.4, -0.2) is 94.1 Å². The standard InChI is InChI=1S/C21H25ClN4O6/c22-17-2-1-15(13-16(17)20(29)24-9-11-31-12-10-24)14-23-5-7-25(8-6-23)21(30)32-26-18(27)3-4-19(26)28/h1-4,13,27-28H,5-12,14H2. The van der Waals surface area contributed by atoms with Crippen LogP contribution in [0.4, 0.5) is 4.79 Å². The zero-order chi connectivity index (χ0) is 22.7. The maximum Gasteiger partial charge on any atom is 0.434 e. The highest BCUT2D eigenvalue weighted by atomic mass is 35.5. The van der Waals surface area contributed by atoms with Crippen molar-refractivity contribution in [1.82, 2.24) is 19.4 Å². The molecular formula is C21H25ClN4O6. The lowest BCUT2D eigenvalue weighted by Crippen LogP contribution is -2.50. The summed E-state index contributed by atoms with van der Waals surface area (Å²) in [6, 6.07) is 7.93. The van der Waals surface area contributed by atoms with E-state index in [2.05, 4.69) is 4.90 Å². The molecule has 2 aliphatic heterocycles. The predicted octanol–water partition coefficient (Wildman–Crippen LogP) is 1.39. The number of amides is 2. The molecule has 32 heavy (non-hydrogen) atoms. The van der Waals surface area contributed by atoms with Crippen LogP contribution in [0.2, 0.25) is 5.02 Å². The molecule has 0 atom stereocenters. The maximum atomic E-state index is 12.8. The van der Waals surface area contributed by atoms with Gasteiger partial charge in [-0.25, -0.2) is 4.79 Å². The van der Waals surface area contributed by atoms with Crippen molar-refractivity contribution in [3.8, 4) is 11.8 Å². The van der Waals surface area contributed by atoms with Crippen LogP contribution in [0, 0.1) is 0 Å². The number of morpholine rings is 1. The van der Waals surface area contributed by atoms with Gasteiger partial charge in [-0.2, -0.15) is 0 Å². The molecular weight excluding hydrogens is 440 g/mol. The molecule has 2 amide bonds. The van der Waals surface area contributed by atoms with Crippen molar-refractivity contribution in [2.24, 2.45) is 0 Å². The van der Waals surface area contributed by atoms with Gasteiger partial charge >= 0.3 is 6.09 Å². The Kier molecular flexibility index (Phi) is 6.73. The van der Waals surface area contributed by atoms with Crippen molar-refractivity contribution in [2.45, 2.75) is 6.54 Å². The van der Waals surface area contributed by atoms with Crippen molar-refractivity contribution in [3.63, 3.8) is 0 Å². The minimum atomic E-state index is -0.656. The quantitative estimate of drug-likeness (QED) is 0.704. The largest absolute Gasteiger partial charge is 0.492 e. The molecule has 0 aliphatic carbocycles. The summed E-state index contributed by atoms with van der Waals surface area (Å²) in [6.07, 6.45) is -0.656. The van der Waals surface area contributed by atoms with Gasteiger partial charge in [-0.1, -0.05) is 17.7 Å². The third kappa shape index (κ3) is 4.93. The van der Waals surface area contributed by atoms with Gasteiger partial charge in [-0.15, -0.1) is 4.73 Å². The second-order valence-corrected chi connectivity index (χ2v) is 8.09. The Hall–Kier alpha value is -2.95. The second-order valence-electron chi connectivity index (χ2n) is 7.68. The van der Waals surface area contributed by atoms with E-state index in [1.54, 1.807) is 11.0 Å². The van der Waals surface area contributed by atoms with E-state index in [1.807, 2.05) is 12.1 Å². The van der Waals surface area contributed by atoms with Crippen molar-refractivity contribution in [1.29, 1.82) is 0 Å². The van der Waals surface area contributed by atoms with Crippen LogP contribution < -0.4 is 4.84 Å². The lowest BCUT2D eigenvalue weighted by atomic mass is 10.1. The Bertz CT molecular complexity index is 963. The highest BCUT2D eigenvalue weighted by molar-refractivity contribution is 6.33. The summed E-state index contributed by atoms with van der Waals surface area (Å²) in [5.74, 6) is -0.816. The van der Waals surface area contributed by atoms with E-state index in [0.717, 1.165) is 5.56 Å². The summed E-state index contributed by atoms with van der Waals surface area (Å²) in [5.41, 5.74) is 1.45. The molecule has 2 aliphatic rings. The number of hydrogen-bond acceptors (Lipinski definition) is 7. The Morgan fingerprint density at radius 2 is 1.59 bits per heavy atom. The van der Waals surface area contributed by atoms with E-state index in [0.29, 0.717) is 74.3 Å². The first-order valence-electron chi connectivity index (χ1n) is 10.4. The molecule has 10 nitrogen and oxygen atoms in total. The normalized spacial score (nSPS) is 17.4. The molecule has 1 aromatic heterocycles. The lowest BCUT2D eigenvalue weighted by molar-refractivity contribution is 0.0302. The molecule has 2 N–H and O–H groups in total. The van der Waals surface area contributed by atoms with Crippen LogP contribution in [0.5, 0.6) is 11.8 Å². The number of piperazine rings is 1. The molecule has 0 bridgehead atoms. The van der Waals surface area contributed by atoms with Crippen molar-refractivity contribution in [2.75, 3.05) is 52.5 Å². The molecule has 0 saturated carbocycles. The van der Waals surface area contributed by atoms with E-state index in [9.17, 15) is 19.8 Å². The van der Waals surface area contributed by atoms with Gasteiger partial charge in [-0.05, 0) is 17.7 Å². The van der Waals surface area contributed by atoms with Crippen LogP contribution >= 0.6 is 11.6 Å². The van der Waals surface area contributed by atoms with E-state index in [4.69, 9.17) is 21.2 Å². The van der Waals surface area contributed by atoms with Crippen molar-refractivity contribution >= 4 is 23.6 Å². The Morgan fingerprint density at radius 3 is 2.25 bits per heavy atom. The number of rotatable bonds is 4.